The van der Waals surface area contributed by atoms with Crippen molar-refractivity contribution >= 4 is 46.6 Å². The molecule has 1 saturated heterocycles. The molecule has 0 unspecified atom stereocenters. The summed E-state index contributed by atoms with van der Waals surface area (Å²) in [5, 5.41) is 3.50. The lowest BCUT2D eigenvalue weighted by molar-refractivity contribution is -0.140. The fraction of sp³-hybridized carbons (Fsp3) is 0.471. The highest BCUT2D eigenvalue weighted by Gasteiger charge is 2.47. The first kappa shape index (κ1) is 17.2. The number of hydrogen-bond acceptors (Lipinski definition) is 3. The largest absolute Gasteiger partial charge is 0.325 e. The Bertz CT molecular complexity index is 668. The van der Waals surface area contributed by atoms with Crippen LogP contribution in [-0.4, -0.2) is 29.2 Å². The second kappa shape index (κ2) is 7.11. The normalized spacial score (nSPS) is 23.3. The summed E-state index contributed by atoms with van der Waals surface area (Å²) < 4.78 is 0. The predicted octanol–water partition coefficient (Wildman–Crippen LogP) is 3.50. The molecular formula is C17H18Cl2N2O3. The Labute approximate surface area is 150 Å². The van der Waals surface area contributed by atoms with Gasteiger partial charge in [0.25, 0.3) is 0 Å². The number of anilines is 1. The molecule has 0 spiro atoms. The van der Waals surface area contributed by atoms with Gasteiger partial charge in [0.05, 0.1) is 22.5 Å². The van der Waals surface area contributed by atoms with E-state index in [1.54, 1.807) is 12.1 Å². The number of nitrogens with zero attached hydrogens (tertiary/aromatic N) is 1. The number of carbonyl (C=O) groups is 3. The van der Waals surface area contributed by atoms with Crippen LogP contribution >= 0.6 is 23.2 Å². The van der Waals surface area contributed by atoms with Gasteiger partial charge in [0, 0.05) is 18.0 Å². The Morgan fingerprint density at radius 1 is 1.12 bits per heavy atom. The van der Waals surface area contributed by atoms with Crippen LogP contribution in [0.5, 0.6) is 0 Å². The SMILES string of the molecule is O=C(CCN1C(=O)[C@@H]2CCCC[C@H]2C1=O)Nc1ccc(Cl)cc1Cl. The summed E-state index contributed by atoms with van der Waals surface area (Å²) in [6.45, 7) is 0.113. The minimum Gasteiger partial charge on any atom is -0.325 e. The van der Waals surface area contributed by atoms with Crippen molar-refractivity contribution in [3.8, 4) is 0 Å². The standard InChI is InChI=1S/C17H18Cl2N2O3/c18-10-5-6-14(13(19)9-10)20-15(22)7-8-21-16(23)11-3-1-2-4-12(11)17(21)24/h5-6,9,11-12H,1-4,7-8H2,(H,20,22)/t11-,12-/m1/s1. The first-order valence-corrected chi connectivity index (χ1v) is 8.83. The number of rotatable bonds is 4. The first-order valence-electron chi connectivity index (χ1n) is 8.07. The second-order valence-electron chi connectivity index (χ2n) is 6.25. The summed E-state index contributed by atoms with van der Waals surface area (Å²) in [4.78, 5) is 38.0. The molecule has 3 rings (SSSR count). The number of benzene rings is 1. The maximum absolute atomic E-state index is 12.4. The van der Waals surface area contributed by atoms with Crippen molar-refractivity contribution < 1.29 is 14.4 Å². The first-order chi connectivity index (χ1) is 11.5. The third-order valence-electron chi connectivity index (χ3n) is 4.70. The van der Waals surface area contributed by atoms with Crippen molar-refractivity contribution in [2.45, 2.75) is 32.1 Å². The van der Waals surface area contributed by atoms with Gasteiger partial charge in [-0.25, -0.2) is 0 Å². The van der Waals surface area contributed by atoms with Crippen LogP contribution in [-0.2, 0) is 14.4 Å². The van der Waals surface area contributed by atoms with Crippen LogP contribution in [0.25, 0.3) is 0 Å². The molecule has 24 heavy (non-hydrogen) atoms. The van der Waals surface area contributed by atoms with Crippen LogP contribution in [0.4, 0.5) is 5.69 Å². The summed E-state index contributed by atoms with van der Waals surface area (Å²) in [6.07, 6.45) is 3.58. The maximum Gasteiger partial charge on any atom is 0.233 e. The van der Waals surface area contributed by atoms with E-state index in [0.29, 0.717) is 15.7 Å². The van der Waals surface area contributed by atoms with Crippen LogP contribution in [0.2, 0.25) is 10.0 Å². The summed E-state index contributed by atoms with van der Waals surface area (Å²) in [5.74, 6) is -0.904. The van der Waals surface area contributed by atoms with E-state index in [0.717, 1.165) is 25.7 Å². The number of hydrogen-bond donors (Lipinski definition) is 1. The number of likely N-dealkylation sites (tertiary alicyclic amines) is 1. The molecule has 5 nitrogen and oxygen atoms in total. The Balaban J connectivity index is 1.58. The zero-order chi connectivity index (χ0) is 17.3. The number of amides is 3. The Morgan fingerprint density at radius 2 is 1.75 bits per heavy atom. The van der Waals surface area contributed by atoms with Gasteiger partial charge in [0.2, 0.25) is 17.7 Å². The molecule has 1 heterocycles. The minimum atomic E-state index is -0.297. The molecule has 1 aromatic rings. The van der Waals surface area contributed by atoms with Crippen LogP contribution in [0.3, 0.4) is 0 Å². The average molecular weight is 369 g/mol. The van der Waals surface area contributed by atoms with Crippen molar-refractivity contribution in [3.05, 3.63) is 28.2 Å². The van der Waals surface area contributed by atoms with E-state index >= 15 is 0 Å². The van der Waals surface area contributed by atoms with Gasteiger partial charge in [0.15, 0.2) is 0 Å². The summed E-state index contributed by atoms with van der Waals surface area (Å²) in [5.41, 5.74) is 0.457. The predicted molar refractivity (Wildman–Crippen MR) is 91.9 cm³/mol. The summed E-state index contributed by atoms with van der Waals surface area (Å²) >= 11 is 11.8. The van der Waals surface area contributed by atoms with Crippen molar-refractivity contribution in [1.82, 2.24) is 4.90 Å². The maximum atomic E-state index is 12.4. The topological polar surface area (TPSA) is 66.5 Å². The number of fused-ring (bicyclic) bond motifs is 1. The molecule has 1 saturated carbocycles. The van der Waals surface area contributed by atoms with Crippen molar-refractivity contribution in [2.75, 3.05) is 11.9 Å². The molecule has 2 atom stereocenters. The van der Waals surface area contributed by atoms with E-state index in [-0.39, 0.29) is 42.5 Å². The van der Waals surface area contributed by atoms with Gasteiger partial charge in [-0.15, -0.1) is 0 Å². The van der Waals surface area contributed by atoms with Crippen LogP contribution in [0.1, 0.15) is 32.1 Å². The zero-order valence-electron chi connectivity index (χ0n) is 13.1. The molecule has 3 amide bonds. The molecule has 128 valence electrons. The van der Waals surface area contributed by atoms with E-state index in [1.807, 2.05) is 0 Å². The Kier molecular flexibility index (Phi) is 5.11. The fourth-order valence-electron chi connectivity index (χ4n) is 3.47. The molecule has 0 radical (unpaired) electrons. The van der Waals surface area contributed by atoms with Crippen molar-refractivity contribution in [2.24, 2.45) is 11.8 Å². The highest BCUT2D eigenvalue weighted by atomic mass is 35.5. The molecule has 0 bridgehead atoms. The molecular weight excluding hydrogens is 351 g/mol. The van der Waals surface area contributed by atoms with Gasteiger partial charge in [-0.3, -0.25) is 19.3 Å². The van der Waals surface area contributed by atoms with E-state index in [1.165, 1.54) is 11.0 Å². The van der Waals surface area contributed by atoms with Gasteiger partial charge in [-0.1, -0.05) is 36.0 Å². The number of carbonyl (C=O) groups excluding carboxylic acids is 3. The van der Waals surface area contributed by atoms with E-state index < -0.39 is 0 Å². The summed E-state index contributed by atoms with van der Waals surface area (Å²) in [7, 11) is 0. The van der Waals surface area contributed by atoms with E-state index in [9.17, 15) is 14.4 Å². The number of nitrogens with one attached hydrogen (secondary N) is 1. The van der Waals surface area contributed by atoms with Crippen molar-refractivity contribution in [3.63, 3.8) is 0 Å². The lowest BCUT2D eigenvalue weighted by atomic mass is 9.81. The molecule has 2 aliphatic rings. The van der Waals surface area contributed by atoms with Gasteiger partial charge >= 0.3 is 0 Å². The fourth-order valence-corrected chi connectivity index (χ4v) is 3.92. The molecule has 1 aliphatic carbocycles. The lowest BCUT2D eigenvalue weighted by Crippen LogP contribution is -2.34. The molecule has 1 N–H and O–H groups in total. The smallest absolute Gasteiger partial charge is 0.233 e. The second-order valence-corrected chi connectivity index (χ2v) is 7.09. The van der Waals surface area contributed by atoms with Crippen LogP contribution in [0, 0.1) is 11.8 Å². The minimum absolute atomic E-state index is 0.0515. The number of imide groups is 1. The van der Waals surface area contributed by atoms with E-state index in [2.05, 4.69) is 5.32 Å². The van der Waals surface area contributed by atoms with Crippen molar-refractivity contribution in [1.29, 1.82) is 0 Å². The number of halogens is 2. The van der Waals surface area contributed by atoms with Crippen LogP contribution in [0.15, 0.2) is 18.2 Å². The third-order valence-corrected chi connectivity index (χ3v) is 5.25. The quantitative estimate of drug-likeness (QED) is 0.827. The highest BCUT2D eigenvalue weighted by Crippen LogP contribution is 2.38. The van der Waals surface area contributed by atoms with Gasteiger partial charge in [-0.2, -0.15) is 0 Å². The molecule has 0 aromatic heterocycles. The lowest BCUT2D eigenvalue weighted by Gasteiger charge is -2.19. The monoisotopic (exact) mass is 368 g/mol. The Hall–Kier alpha value is -1.59. The van der Waals surface area contributed by atoms with Crippen LogP contribution < -0.4 is 5.32 Å². The molecule has 1 aliphatic heterocycles. The Morgan fingerprint density at radius 3 is 2.33 bits per heavy atom. The van der Waals surface area contributed by atoms with Gasteiger partial charge in [0.1, 0.15) is 0 Å². The molecule has 7 heteroatoms. The average Bonchev–Trinajstić information content (AvgIpc) is 2.80. The third kappa shape index (κ3) is 3.42. The van der Waals surface area contributed by atoms with Gasteiger partial charge in [-0.05, 0) is 31.0 Å². The highest BCUT2D eigenvalue weighted by molar-refractivity contribution is 6.36. The zero-order valence-corrected chi connectivity index (χ0v) is 14.6. The van der Waals surface area contributed by atoms with E-state index in [4.69, 9.17) is 23.2 Å². The molecule has 2 fully saturated rings. The van der Waals surface area contributed by atoms with Gasteiger partial charge < -0.3 is 5.32 Å². The summed E-state index contributed by atoms with van der Waals surface area (Å²) in [6, 6.07) is 4.78. The molecule has 1 aromatic carbocycles.